The molecule has 2 atom stereocenters. The summed E-state index contributed by atoms with van der Waals surface area (Å²) in [7, 11) is -0.0222. The highest BCUT2D eigenvalue weighted by atomic mass is 35.5. The molecule has 0 fully saturated rings. The normalized spacial score (nSPS) is 14.6. The molecule has 3 nitrogen and oxygen atoms in total. The third-order valence-corrected chi connectivity index (χ3v) is 6.98. The van der Waals surface area contributed by atoms with E-state index in [4.69, 9.17) is 21.1 Å². The molecule has 0 saturated heterocycles. The van der Waals surface area contributed by atoms with Crippen molar-refractivity contribution in [3.8, 4) is 5.75 Å². The van der Waals surface area contributed by atoms with Crippen molar-refractivity contribution in [2.75, 3.05) is 7.11 Å². The van der Waals surface area contributed by atoms with Gasteiger partial charge in [0.2, 0.25) is 0 Å². The summed E-state index contributed by atoms with van der Waals surface area (Å²) in [4.78, 5) is 11.3. The number of ether oxygens (including phenoxy) is 2. The maximum atomic E-state index is 11.3. The second kappa shape index (κ2) is 6.44. The van der Waals surface area contributed by atoms with Crippen molar-refractivity contribution >= 4 is 25.6 Å². The van der Waals surface area contributed by atoms with E-state index in [9.17, 15) is 4.79 Å². The van der Waals surface area contributed by atoms with Gasteiger partial charge in [0.1, 0.15) is 11.9 Å². The van der Waals surface area contributed by atoms with Crippen LogP contribution < -0.4 is 4.74 Å². The molecule has 1 rings (SSSR count). The fraction of sp³-hybridized carbons (Fsp3) is 0.500. The van der Waals surface area contributed by atoms with Crippen LogP contribution in [0.3, 0.4) is 0 Å². The van der Waals surface area contributed by atoms with Gasteiger partial charge < -0.3 is 9.47 Å². The van der Waals surface area contributed by atoms with Crippen molar-refractivity contribution in [3.05, 3.63) is 29.8 Å². The first-order chi connectivity index (χ1) is 8.75. The standard InChI is InChI=1S/C14H21ClO3Si/c1-10(16)18-13(14(15)19(3,4)5)11-6-8-12(17-2)9-7-11/h6-9,13-14H,1-5H3. The first-order valence-corrected chi connectivity index (χ1v) is 10.2. The Morgan fingerprint density at radius 2 is 1.74 bits per heavy atom. The molecule has 0 bridgehead atoms. The summed E-state index contributed by atoms with van der Waals surface area (Å²) in [6.45, 7) is 7.88. The SMILES string of the molecule is COc1ccc(C(OC(C)=O)C(Cl)[Si](C)(C)C)cc1. The van der Waals surface area contributed by atoms with Crippen LogP contribution in [-0.2, 0) is 9.53 Å². The van der Waals surface area contributed by atoms with Crippen molar-refractivity contribution < 1.29 is 14.3 Å². The molecule has 2 unspecified atom stereocenters. The number of methoxy groups -OCH3 is 1. The van der Waals surface area contributed by atoms with Gasteiger partial charge in [-0.3, -0.25) is 4.79 Å². The van der Waals surface area contributed by atoms with Gasteiger partial charge in [0.05, 0.1) is 20.2 Å². The Morgan fingerprint density at radius 3 is 2.11 bits per heavy atom. The number of hydrogen-bond acceptors (Lipinski definition) is 3. The van der Waals surface area contributed by atoms with Crippen LogP contribution in [0.25, 0.3) is 0 Å². The zero-order valence-electron chi connectivity index (χ0n) is 12.1. The molecule has 0 N–H and O–H groups in total. The summed E-state index contributed by atoms with van der Waals surface area (Å²) >= 11 is 6.53. The second-order valence-corrected chi connectivity index (χ2v) is 11.8. The van der Waals surface area contributed by atoms with Crippen LogP contribution in [0.5, 0.6) is 5.75 Å². The second-order valence-electron chi connectivity index (χ2n) is 5.57. The Labute approximate surface area is 120 Å². The topological polar surface area (TPSA) is 35.5 Å². The van der Waals surface area contributed by atoms with Crippen LogP contribution in [0.15, 0.2) is 24.3 Å². The molecule has 1 aromatic carbocycles. The van der Waals surface area contributed by atoms with Gasteiger partial charge >= 0.3 is 5.97 Å². The minimum atomic E-state index is -1.64. The van der Waals surface area contributed by atoms with E-state index in [1.165, 1.54) is 6.92 Å². The van der Waals surface area contributed by atoms with Crippen molar-refractivity contribution in [2.24, 2.45) is 0 Å². The summed E-state index contributed by atoms with van der Waals surface area (Å²) in [5, 5.41) is -0.176. The zero-order chi connectivity index (χ0) is 14.6. The third kappa shape index (κ3) is 4.55. The number of esters is 1. The molecule has 0 radical (unpaired) electrons. The zero-order valence-corrected chi connectivity index (χ0v) is 13.8. The number of carbonyl (C=O) groups is 1. The predicted octanol–water partition coefficient (Wildman–Crippen LogP) is 3.78. The van der Waals surface area contributed by atoms with Gasteiger partial charge in [-0.05, 0) is 17.7 Å². The van der Waals surface area contributed by atoms with Gasteiger partial charge in [-0.2, -0.15) is 0 Å². The van der Waals surface area contributed by atoms with Crippen LogP contribution in [0.1, 0.15) is 18.6 Å². The average Bonchev–Trinajstić information content (AvgIpc) is 2.34. The lowest BCUT2D eigenvalue weighted by Gasteiger charge is -2.30. The smallest absolute Gasteiger partial charge is 0.303 e. The lowest BCUT2D eigenvalue weighted by atomic mass is 10.1. The molecule has 0 aliphatic heterocycles. The fourth-order valence-corrected chi connectivity index (χ4v) is 3.09. The molecule has 0 spiro atoms. The van der Waals surface area contributed by atoms with Crippen LogP contribution in [0, 0.1) is 0 Å². The van der Waals surface area contributed by atoms with Gasteiger partial charge in [-0.25, -0.2) is 0 Å². The highest BCUT2D eigenvalue weighted by Crippen LogP contribution is 2.32. The highest BCUT2D eigenvalue weighted by molar-refractivity contribution is 6.84. The van der Waals surface area contributed by atoms with E-state index >= 15 is 0 Å². The van der Waals surface area contributed by atoms with Gasteiger partial charge in [0.15, 0.2) is 0 Å². The maximum Gasteiger partial charge on any atom is 0.303 e. The number of carbonyl (C=O) groups excluding carboxylic acids is 1. The predicted molar refractivity (Wildman–Crippen MR) is 80.5 cm³/mol. The van der Waals surface area contributed by atoms with Crippen molar-refractivity contribution in [2.45, 2.75) is 37.7 Å². The summed E-state index contributed by atoms with van der Waals surface area (Å²) in [6, 6.07) is 7.48. The van der Waals surface area contributed by atoms with E-state index in [0.717, 1.165) is 11.3 Å². The van der Waals surface area contributed by atoms with Gasteiger partial charge in [-0.1, -0.05) is 31.8 Å². The molecule has 0 aliphatic carbocycles. The molecule has 0 aromatic heterocycles. The van der Waals surface area contributed by atoms with Crippen LogP contribution >= 0.6 is 11.6 Å². The Bertz CT molecular complexity index is 425. The summed E-state index contributed by atoms with van der Waals surface area (Å²) < 4.78 is 10.5. The molecule has 1 aromatic rings. The van der Waals surface area contributed by atoms with E-state index in [2.05, 4.69) is 19.6 Å². The number of halogens is 1. The number of benzene rings is 1. The Kier molecular flexibility index (Phi) is 5.44. The van der Waals surface area contributed by atoms with E-state index in [-0.39, 0.29) is 11.0 Å². The highest BCUT2D eigenvalue weighted by Gasteiger charge is 2.35. The molecule has 0 heterocycles. The lowest BCUT2D eigenvalue weighted by Crippen LogP contribution is -2.40. The van der Waals surface area contributed by atoms with Gasteiger partial charge in [0, 0.05) is 6.92 Å². The Morgan fingerprint density at radius 1 is 1.21 bits per heavy atom. The van der Waals surface area contributed by atoms with Crippen molar-refractivity contribution in [1.82, 2.24) is 0 Å². The fourth-order valence-electron chi connectivity index (χ4n) is 1.72. The quantitative estimate of drug-likeness (QED) is 0.471. The molecule has 106 valence electrons. The minimum Gasteiger partial charge on any atom is -0.497 e. The lowest BCUT2D eigenvalue weighted by molar-refractivity contribution is -0.146. The Hall–Kier alpha value is -1.00. The van der Waals surface area contributed by atoms with E-state index < -0.39 is 14.2 Å². The summed E-state index contributed by atoms with van der Waals surface area (Å²) in [5.41, 5.74) is 0.901. The summed E-state index contributed by atoms with van der Waals surface area (Å²) in [6.07, 6.45) is -0.406. The molecule has 0 amide bonds. The van der Waals surface area contributed by atoms with Crippen molar-refractivity contribution in [1.29, 1.82) is 0 Å². The Balaban J connectivity index is 3.05. The van der Waals surface area contributed by atoms with E-state index in [1.807, 2.05) is 24.3 Å². The molecule has 5 heteroatoms. The monoisotopic (exact) mass is 300 g/mol. The molecular weight excluding hydrogens is 280 g/mol. The van der Waals surface area contributed by atoms with Crippen LogP contribution in [-0.4, -0.2) is 26.2 Å². The summed E-state index contributed by atoms with van der Waals surface area (Å²) in [5.74, 6) is 0.453. The molecule has 0 aliphatic rings. The molecular formula is C14H21ClO3Si. The maximum absolute atomic E-state index is 11.3. The van der Waals surface area contributed by atoms with Crippen molar-refractivity contribution in [3.63, 3.8) is 0 Å². The van der Waals surface area contributed by atoms with Gasteiger partial charge in [-0.15, -0.1) is 11.6 Å². The van der Waals surface area contributed by atoms with Crippen LogP contribution in [0.4, 0.5) is 0 Å². The number of alkyl halides is 1. The van der Waals surface area contributed by atoms with E-state index in [1.54, 1.807) is 7.11 Å². The first-order valence-electron chi connectivity index (χ1n) is 6.21. The largest absolute Gasteiger partial charge is 0.497 e. The average molecular weight is 301 g/mol. The molecule has 0 saturated carbocycles. The minimum absolute atomic E-state index is 0.176. The molecule has 19 heavy (non-hydrogen) atoms. The number of hydrogen-bond donors (Lipinski definition) is 0. The first kappa shape index (κ1) is 16.1. The van der Waals surface area contributed by atoms with Gasteiger partial charge in [0.25, 0.3) is 0 Å². The third-order valence-electron chi connectivity index (χ3n) is 2.83. The van der Waals surface area contributed by atoms with E-state index in [0.29, 0.717) is 0 Å². The number of rotatable bonds is 5. The van der Waals surface area contributed by atoms with Crippen LogP contribution in [0.2, 0.25) is 19.6 Å².